The molecule has 1 saturated heterocycles. The van der Waals surface area contributed by atoms with Crippen molar-refractivity contribution in [1.82, 2.24) is 18.4 Å². The maximum absolute atomic E-state index is 13.2. The zero-order chi connectivity index (χ0) is 20.4. The molecular formula is C19H19ClN4O3S2. The number of carbonyl (C=O) groups is 1. The Morgan fingerprint density at radius 3 is 2.86 bits per heavy atom. The van der Waals surface area contributed by atoms with Crippen LogP contribution in [0.1, 0.15) is 18.4 Å². The first-order valence-electron chi connectivity index (χ1n) is 9.19. The van der Waals surface area contributed by atoms with Gasteiger partial charge in [-0.25, -0.2) is 8.42 Å². The van der Waals surface area contributed by atoms with Gasteiger partial charge in [0.05, 0.1) is 17.6 Å². The normalized spacial score (nSPS) is 18.0. The summed E-state index contributed by atoms with van der Waals surface area (Å²) in [6.45, 7) is 0.834. The maximum atomic E-state index is 13.2. The minimum absolute atomic E-state index is 0.140. The highest BCUT2D eigenvalue weighted by molar-refractivity contribution is 7.89. The van der Waals surface area contributed by atoms with Crippen molar-refractivity contribution in [3.63, 3.8) is 0 Å². The van der Waals surface area contributed by atoms with Crippen LogP contribution in [-0.2, 0) is 21.4 Å². The Kier molecular flexibility index (Phi) is 5.82. The van der Waals surface area contributed by atoms with Gasteiger partial charge in [-0.1, -0.05) is 35.9 Å². The van der Waals surface area contributed by atoms with Crippen LogP contribution in [0.15, 0.2) is 47.4 Å². The average Bonchev–Trinajstić information content (AvgIpc) is 3.22. The third-order valence-electron chi connectivity index (χ3n) is 5.03. The molecule has 1 N–H and O–H groups in total. The van der Waals surface area contributed by atoms with Crippen molar-refractivity contribution in [2.45, 2.75) is 24.3 Å². The van der Waals surface area contributed by atoms with E-state index in [-0.39, 0.29) is 17.3 Å². The summed E-state index contributed by atoms with van der Waals surface area (Å²) in [5.41, 5.74) is 1.76. The lowest BCUT2D eigenvalue weighted by Crippen LogP contribution is -2.45. The molecule has 10 heteroatoms. The van der Waals surface area contributed by atoms with Gasteiger partial charge >= 0.3 is 0 Å². The molecule has 4 rings (SSSR count). The Hall–Kier alpha value is -2.07. The number of amides is 1. The number of benzene rings is 2. The molecule has 7 nitrogen and oxygen atoms in total. The number of piperidine rings is 1. The van der Waals surface area contributed by atoms with Crippen LogP contribution in [-0.4, -0.2) is 40.5 Å². The molecule has 0 spiro atoms. The summed E-state index contributed by atoms with van der Waals surface area (Å²) in [5.74, 6) is -0.577. The number of aromatic nitrogens is 2. The molecule has 1 amide bonds. The predicted octanol–water partition coefficient (Wildman–Crippen LogP) is 3.06. The average molecular weight is 451 g/mol. The maximum Gasteiger partial charge on any atom is 0.245 e. The zero-order valence-electron chi connectivity index (χ0n) is 15.4. The first-order valence-corrected chi connectivity index (χ1v) is 11.7. The quantitative estimate of drug-likeness (QED) is 0.644. The smallest absolute Gasteiger partial charge is 0.245 e. The van der Waals surface area contributed by atoms with E-state index in [0.717, 1.165) is 17.3 Å². The molecule has 1 atom stereocenters. The Bertz CT molecular complexity index is 1150. The number of rotatable bonds is 5. The van der Waals surface area contributed by atoms with Crippen LogP contribution in [0.2, 0.25) is 5.02 Å². The van der Waals surface area contributed by atoms with E-state index in [1.54, 1.807) is 24.3 Å². The molecule has 1 fully saturated rings. The predicted molar refractivity (Wildman–Crippen MR) is 112 cm³/mol. The van der Waals surface area contributed by atoms with Crippen molar-refractivity contribution in [2.75, 3.05) is 13.1 Å². The van der Waals surface area contributed by atoms with Crippen LogP contribution >= 0.6 is 23.3 Å². The third-order valence-corrected chi connectivity index (χ3v) is 7.84. The summed E-state index contributed by atoms with van der Waals surface area (Å²) in [6, 6.07) is 12.2. The van der Waals surface area contributed by atoms with Crippen LogP contribution in [0, 0.1) is 5.92 Å². The molecule has 3 aromatic rings. The van der Waals surface area contributed by atoms with E-state index < -0.39 is 15.9 Å². The summed E-state index contributed by atoms with van der Waals surface area (Å²) in [5, 5.41) is 3.47. The molecule has 2 heterocycles. The molecule has 152 valence electrons. The fraction of sp³-hybridized carbons (Fsp3) is 0.316. The first kappa shape index (κ1) is 20.2. The van der Waals surface area contributed by atoms with Gasteiger partial charge in [0, 0.05) is 24.7 Å². The van der Waals surface area contributed by atoms with Gasteiger partial charge in [-0.3, -0.25) is 4.79 Å². The standard InChI is InChI=1S/C19H19ClN4O3S2/c20-15-7-2-1-5-13(15)11-21-19(25)14-6-4-10-24(12-14)29(26,27)17-9-3-8-16-18(17)23-28-22-16/h1-3,5,7-9,14H,4,6,10-12H2,(H,21,25)/t14-/m1/s1. The minimum atomic E-state index is -3.76. The Labute approximate surface area is 178 Å². The number of nitrogens with zero attached hydrogens (tertiary/aromatic N) is 3. The van der Waals surface area contributed by atoms with Crippen LogP contribution in [0.4, 0.5) is 0 Å². The summed E-state index contributed by atoms with van der Waals surface area (Å²) in [4.78, 5) is 12.8. The van der Waals surface area contributed by atoms with Crippen molar-refractivity contribution < 1.29 is 13.2 Å². The SMILES string of the molecule is O=C(NCc1ccccc1Cl)[C@@H]1CCCN(S(=O)(=O)c2cccc3nsnc23)C1. The van der Waals surface area contributed by atoms with E-state index in [1.807, 2.05) is 18.2 Å². The lowest BCUT2D eigenvalue weighted by Gasteiger charge is -2.31. The van der Waals surface area contributed by atoms with Crippen molar-refractivity contribution in [3.05, 3.63) is 53.1 Å². The molecule has 0 aliphatic carbocycles. The third kappa shape index (κ3) is 4.13. The second-order valence-corrected chi connectivity index (χ2v) is 9.74. The van der Waals surface area contributed by atoms with E-state index in [1.165, 1.54) is 4.31 Å². The van der Waals surface area contributed by atoms with E-state index in [9.17, 15) is 13.2 Å². The summed E-state index contributed by atoms with van der Waals surface area (Å²) in [7, 11) is -3.76. The fourth-order valence-electron chi connectivity index (χ4n) is 3.47. The number of carbonyl (C=O) groups excluding carboxylic acids is 1. The largest absolute Gasteiger partial charge is 0.352 e. The molecule has 2 aromatic carbocycles. The van der Waals surface area contributed by atoms with Gasteiger partial charge in [-0.05, 0) is 36.6 Å². The monoisotopic (exact) mass is 450 g/mol. The van der Waals surface area contributed by atoms with Gasteiger partial charge in [0.2, 0.25) is 15.9 Å². The van der Waals surface area contributed by atoms with Gasteiger partial charge in [0.15, 0.2) is 0 Å². The summed E-state index contributed by atoms with van der Waals surface area (Å²) in [6.07, 6.45) is 1.26. The van der Waals surface area contributed by atoms with Crippen LogP contribution in [0.3, 0.4) is 0 Å². The molecule has 29 heavy (non-hydrogen) atoms. The van der Waals surface area contributed by atoms with Gasteiger partial charge in [0.1, 0.15) is 15.9 Å². The highest BCUT2D eigenvalue weighted by atomic mass is 35.5. The van der Waals surface area contributed by atoms with Gasteiger partial charge < -0.3 is 5.32 Å². The number of hydrogen-bond donors (Lipinski definition) is 1. The van der Waals surface area contributed by atoms with E-state index in [0.29, 0.717) is 42.0 Å². The Morgan fingerprint density at radius 1 is 1.21 bits per heavy atom. The molecule has 0 saturated carbocycles. The highest BCUT2D eigenvalue weighted by Gasteiger charge is 2.34. The lowest BCUT2D eigenvalue weighted by atomic mass is 9.99. The van der Waals surface area contributed by atoms with E-state index in [4.69, 9.17) is 11.6 Å². The van der Waals surface area contributed by atoms with Crippen molar-refractivity contribution >= 4 is 50.3 Å². The lowest BCUT2D eigenvalue weighted by molar-refractivity contribution is -0.126. The number of sulfonamides is 1. The minimum Gasteiger partial charge on any atom is -0.352 e. The second-order valence-electron chi connectivity index (χ2n) is 6.90. The van der Waals surface area contributed by atoms with Crippen molar-refractivity contribution in [2.24, 2.45) is 5.92 Å². The molecule has 1 aromatic heterocycles. The molecular weight excluding hydrogens is 432 g/mol. The number of nitrogens with one attached hydrogen (secondary N) is 1. The molecule has 1 aliphatic heterocycles. The van der Waals surface area contributed by atoms with Crippen LogP contribution < -0.4 is 5.32 Å². The van der Waals surface area contributed by atoms with Crippen molar-refractivity contribution in [1.29, 1.82) is 0 Å². The van der Waals surface area contributed by atoms with E-state index >= 15 is 0 Å². The Balaban J connectivity index is 1.48. The van der Waals surface area contributed by atoms with Crippen LogP contribution in [0.25, 0.3) is 11.0 Å². The van der Waals surface area contributed by atoms with Crippen LogP contribution in [0.5, 0.6) is 0 Å². The number of halogens is 1. The molecule has 1 aliphatic rings. The summed E-state index contributed by atoms with van der Waals surface area (Å²) >= 11 is 7.12. The number of hydrogen-bond acceptors (Lipinski definition) is 6. The first-order chi connectivity index (χ1) is 14.0. The molecule has 0 bridgehead atoms. The van der Waals surface area contributed by atoms with Crippen molar-refractivity contribution in [3.8, 4) is 0 Å². The molecule has 0 unspecified atom stereocenters. The Morgan fingerprint density at radius 2 is 2.03 bits per heavy atom. The van der Waals surface area contributed by atoms with Gasteiger partial charge in [-0.15, -0.1) is 0 Å². The number of fused-ring (bicyclic) bond motifs is 1. The van der Waals surface area contributed by atoms with E-state index in [2.05, 4.69) is 14.1 Å². The van der Waals surface area contributed by atoms with Gasteiger partial charge in [0.25, 0.3) is 0 Å². The van der Waals surface area contributed by atoms with Gasteiger partial charge in [-0.2, -0.15) is 13.1 Å². The topological polar surface area (TPSA) is 92.3 Å². The highest BCUT2D eigenvalue weighted by Crippen LogP contribution is 2.28. The zero-order valence-corrected chi connectivity index (χ0v) is 17.8. The summed E-state index contributed by atoms with van der Waals surface area (Å²) < 4.78 is 36.0. The molecule has 0 radical (unpaired) electrons. The fourth-order valence-corrected chi connectivity index (χ4v) is 5.95. The second kappa shape index (κ2) is 8.35.